The molecule has 0 bridgehead atoms. The average Bonchev–Trinajstić information content (AvgIpc) is 2.79. The first-order valence-corrected chi connectivity index (χ1v) is 9.83. The van der Waals surface area contributed by atoms with Crippen LogP contribution in [0.4, 0.5) is 5.69 Å². The van der Waals surface area contributed by atoms with E-state index in [0.29, 0.717) is 35.0 Å². The summed E-state index contributed by atoms with van der Waals surface area (Å²) in [5, 5.41) is 2.83. The summed E-state index contributed by atoms with van der Waals surface area (Å²) in [5.41, 5.74) is 1.34. The monoisotopic (exact) mass is 410 g/mol. The van der Waals surface area contributed by atoms with Crippen LogP contribution in [0.15, 0.2) is 48.5 Å². The van der Waals surface area contributed by atoms with Crippen LogP contribution in [0.5, 0.6) is 17.2 Å². The molecular formula is C23H26N2O5. The summed E-state index contributed by atoms with van der Waals surface area (Å²) in [6, 6.07) is 12.6. The first-order valence-electron chi connectivity index (χ1n) is 9.83. The predicted molar refractivity (Wildman–Crippen MR) is 115 cm³/mol. The van der Waals surface area contributed by atoms with E-state index in [9.17, 15) is 9.59 Å². The molecule has 0 aliphatic carbocycles. The Labute approximate surface area is 176 Å². The summed E-state index contributed by atoms with van der Waals surface area (Å²) < 4.78 is 16.6. The number of benzene rings is 2. The van der Waals surface area contributed by atoms with Gasteiger partial charge in [-0.2, -0.15) is 0 Å². The van der Waals surface area contributed by atoms with Gasteiger partial charge in [-0.1, -0.05) is 31.2 Å². The lowest BCUT2D eigenvalue weighted by Crippen LogP contribution is -2.50. The molecule has 1 atom stereocenters. The van der Waals surface area contributed by atoms with Crippen molar-refractivity contribution in [3.05, 3.63) is 54.1 Å². The van der Waals surface area contributed by atoms with Crippen molar-refractivity contribution < 1.29 is 23.8 Å². The first-order chi connectivity index (χ1) is 14.6. The summed E-state index contributed by atoms with van der Waals surface area (Å²) >= 11 is 0. The fourth-order valence-electron chi connectivity index (χ4n) is 3.24. The van der Waals surface area contributed by atoms with Gasteiger partial charge in [0.1, 0.15) is 5.75 Å². The molecule has 0 unspecified atom stereocenters. The maximum Gasteiger partial charge on any atom is 0.262 e. The summed E-state index contributed by atoms with van der Waals surface area (Å²) in [7, 11) is 3.11. The minimum absolute atomic E-state index is 0.130. The lowest BCUT2D eigenvalue weighted by molar-refractivity contribution is -0.128. The van der Waals surface area contributed by atoms with Crippen molar-refractivity contribution in [1.29, 1.82) is 0 Å². The fourth-order valence-corrected chi connectivity index (χ4v) is 3.24. The van der Waals surface area contributed by atoms with Crippen LogP contribution in [0.1, 0.15) is 18.9 Å². The molecular weight excluding hydrogens is 384 g/mol. The first kappa shape index (κ1) is 21.2. The maximum atomic E-state index is 13.1. The number of anilines is 1. The number of ether oxygens (including phenoxy) is 3. The SMILES string of the molecule is CCCNC(=O)[C@H]1CN(C(=O)/C=C/c2cccc(OC)c2OC)c2ccccc2O1. The van der Waals surface area contributed by atoms with Crippen molar-refractivity contribution in [2.24, 2.45) is 0 Å². The molecule has 158 valence electrons. The van der Waals surface area contributed by atoms with Crippen LogP contribution in [-0.4, -0.2) is 45.2 Å². The number of carbonyl (C=O) groups is 2. The molecule has 30 heavy (non-hydrogen) atoms. The third-order valence-corrected chi connectivity index (χ3v) is 4.72. The highest BCUT2D eigenvalue weighted by Crippen LogP contribution is 2.34. The van der Waals surface area contributed by atoms with E-state index < -0.39 is 6.10 Å². The van der Waals surface area contributed by atoms with Gasteiger partial charge in [0.25, 0.3) is 11.8 Å². The van der Waals surface area contributed by atoms with Crippen molar-refractivity contribution >= 4 is 23.6 Å². The third-order valence-electron chi connectivity index (χ3n) is 4.72. The molecule has 0 spiro atoms. The number of hydrogen-bond donors (Lipinski definition) is 1. The summed E-state index contributed by atoms with van der Waals surface area (Å²) in [6.45, 7) is 2.67. The Morgan fingerprint density at radius 1 is 1.17 bits per heavy atom. The molecule has 1 heterocycles. The molecule has 2 aromatic rings. The number of fused-ring (bicyclic) bond motifs is 1. The zero-order valence-corrected chi connectivity index (χ0v) is 17.4. The van der Waals surface area contributed by atoms with Gasteiger partial charge in [0.15, 0.2) is 17.6 Å². The van der Waals surface area contributed by atoms with E-state index in [2.05, 4.69) is 5.32 Å². The third kappa shape index (κ3) is 4.56. The van der Waals surface area contributed by atoms with Gasteiger partial charge in [-0.25, -0.2) is 0 Å². The Kier molecular flexibility index (Phi) is 6.95. The van der Waals surface area contributed by atoms with Gasteiger partial charge >= 0.3 is 0 Å². The molecule has 3 rings (SSSR count). The minimum Gasteiger partial charge on any atom is -0.493 e. The number of rotatable bonds is 7. The summed E-state index contributed by atoms with van der Waals surface area (Å²) in [5.74, 6) is 1.13. The van der Waals surface area contributed by atoms with Crippen molar-refractivity contribution in [2.45, 2.75) is 19.4 Å². The fraction of sp³-hybridized carbons (Fsp3) is 0.304. The number of para-hydroxylation sites is 3. The van der Waals surface area contributed by atoms with Crippen molar-refractivity contribution in [3.63, 3.8) is 0 Å². The zero-order chi connectivity index (χ0) is 21.5. The molecule has 2 aromatic carbocycles. The van der Waals surface area contributed by atoms with Gasteiger partial charge in [0.2, 0.25) is 0 Å². The number of carbonyl (C=O) groups excluding carboxylic acids is 2. The lowest BCUT2D eigenvalue weighted by atomic mass is 10.1. The average molecular weight is 410 g/mol. The topological polar surface area (TPSA) is 77.1 Å². The number of methoxy groups -OCH3 is 2. The van der Waals surface area contributed by atoms with Crippen molar-refractivity contribution in [1.82, 2.24) is 5.32 Å². The highest BCUT2D eigenvalue weighted by molar-refractivity contribution is 6.06. The minimum atomic E-state index is -0.768. The van der Waals surface area contributed by atoms with Crippen LogP contribution in [-0.2, 0) is 9.59 Å². The summed E-state index contributed by atoms with van der Waals surface area (Å²) in [4.78, 5) is 27.0. The molecule has 1 aliphatic heterocycles. The van der Waals surface area contributed by atoms with Crippen molar-refractivity contribution in [3.8, 4) is 17.2 Å². The second kappa shape index (κ2) is 9.82. The Morgan fingerprint density at radius 3 is 2.70 bits per heavy atom. The number of hydrogen-bond acceptors (Lipinski definition) is 5. The van der Waals surface area contributed by atoms with Gasteiger partial charge in [0, 0.05) is 18.2 Å². The molecule has 1 aliphatic rings. The van der Waals surface area contributed by atoms with Crippen LogP contribution in [0.25, 0.3) is 6.08 Å². The van der Waals surface area contributed by atoms with E-state index in [4.69, 9.17) is 14.2 Å². The molecule has 0 saturated heterocycles. The van der Waals surface area contributed by atoms with E-state index in [1.807, 2.05) is 31.2 Å². The van der Waals surface area contributed by atoms with Gasteiger partial charge < -0.3 is 24.4 Å². The van der Waals surface area contributed by atoms with Gasteiger partial charge in [-0.15, -0.1) is 0 Å². The molecule has 0 radical (unpaired) electrons. The Balaban J connectivity index is 1.85. The second-order valence-electron chi connectivity index (χ2n) is 6.73. The van der Waals surface area contributed by atoms with Gasteiger partial charge in [-0.3, -0.25) is 9.59 Å². The molecule has 2 amide bonds. The molecule has 0 aromatic heterocycles. The van der Waals surface area contributed by atoms with Crippen LogP contribution in [0, 0.1) is 0 Å². The molecule has 1 N–H and O–H groups in total. The molecule has 7 heteroatoms. The molecule has 7 nitrogen and oxygen atoms in total. The summed E-state index contributed by atoms with van der Waals surface area (Å²) in [6.07, 6.45) is 3.19. The van der Waals surface area contributed by atoms with Crippen LogP contribution < -0.4 is 24.4 Å². The van der Waals surface area contributed by atoms with Gasteiger partial charge in [0.05, 0.1) is 26.5 Å². The number of nitrogens with one attached hydrogen (secondary N) is 1. The Hall–Kier alpha value is -3.48. The Morgan fingerprint density at radius 2 is 1.97 bits per heavy atom. The van der Waals surface area contributed by atoms with E-state index >= 15 is 0 Å². The number of amides is 2. The standard InChI is InChI=1S/C23H26N2O5/c1-4-14-24-23(27)20-15-25(17-9-5-6-10-18(17)30-20)21(26)13-12-16-8-7-11-19(28-2)22(16)29-3/h5-13,20H,4,14-15H2,1-3H3,(H,24,27)/b13-12+/t20-/m1/s1. The normalized spacial score (nSPS) is 15.3. The van der Waals surface area contributed by atoms with E-state index in [0.717, 1.165) is 6.42 Å². The quantitative estimate of drug-likeness (QED) is 0.710. The van der Waals surface area contributed by atoms with E-state index in [1.165, 1.54) is 6.08 Å². The maximum absolute atomic E-state index is 13.1. The van der Waals surface area contributed by atoms with Crippen LogP contribution in [0.3, 0.4) is 0 Å². The lowest BCUT2D eigenvalue weighted by Gasteiger charge is -2.33. The van der Waals surface area contributed by atoms with E-state index in [1.54, 1.807) is 43.4 Å². The smallest absolute Gasteiger partial charge is 0.262 e. The molecule has 0 fully saturated rings. The van der Waals surface area contributed by atoms with Crippen molar-refractivity contribution in [2.75, 3.05) is 32.2 Å². The highest BCUT2D eigenvalue weighted by Gasteiger charge is 2.32. The number of nitrogens with zero attached hydrogens (tertiary/aromatic N) is 1. The van der Waals surface area contributed by atoms with Crippen LogP contribution >= 0.6 is 0 Å². The predicted octanol–water partition coefficient (Wildman–Crippen LogP) is 3.04. The van der Waals surface area contributed by atoms with E-state index in [-0.39, 0.29) is 18.4 Å². The Bertz CT molecular complexity index is 941. The highest BCUT2D eigenvalue weighted by atomic mass is 16.5. The molecule has 0 saturated carbocycles. The largest absolute Gasteiger partial charge is 0.493 e. The zero-order valence-electron chi connectivity index (χ0n) is 17.4. The second-order valence-corrected chi connectivity index (χ2v) is 6.73. The van der Waals surface area contributed by atoms with Crippen LogP contribution in [0.2, 0.25) is 0 Å². The van der Waals surface area contributed by atoms with Gasteiger partial charge in [-0.05, 0) is 30.7 Å².